The number of nitrogens with zero attached hydrogens (tertiary/aromatic N) is 5. The number of fused-ring (bicyclic) bond motifs is 1. The first-order valence-corrected chi connectivity index (χ1v) is 16.1. The van der Waals surface area contributed by atoms with Gasteiger partial charge in [-0.3, -0.25) is 18.9 Å². The van der Waals surface area contributed by atoms with Crippen LogP contribution >= 0.6 is 23.1 Å². The van der Waals surface area contributed by atoms with Gasteiger partial charge in [0.25, 0.3) is 5.78 Å². The molecule has 3 aromatic heterocycles. The number of aliphatic hydroxyl groups is 1. The van der Waals surface area contributed by atoms with Crippen LogP contribution in [0.1, 0.15) is 35.5 Å². The molecule has 13 heteroatoms. The summed E-state index contributed by atoms with van der Waals surface area (Å²) < 4.78 is 27.2. The number of benzene rings is 2. The van der Waals surface area contributed by atoms with Gasteiger partial charge in [0.15, 0.2) is 21.6 Å². The van der Waals surface area contributed by atoms with Gasteiger partial charge in [-0.25, -0.2) is 9.37 Å². The molecule has 1 fully saturated rings. The quantitative estimate of drug-likeness (QED) is 0.0423. The summed E-state index contributed by atoms with van der Waals surface area (Å²) in [6.45, 7) is 7.82. The number of hydrogen-bond donors (Lipinski definition) is 1. The Labute approximate surface area is 271 Å². The molecule has 1 aliphatic rings. The second-order valence-electron chi connectivity index (χ2n) is 10.1. The number of ketones is 1. The van der Waals surface area contributed by atoms with Gasteiger partial charge in [-0.1, -0.05) is 60.0 Å². The second-order valence-corrected chi connectivity index (χ2v) is 12.3. The average Bonchev–Trinajstić information content (AvgIpc) is 3.73. The molecule has 234 valence electrons. The van der Waals surface area contributed by atoms with Crippen LogP contribution in [0.2, 0.25) is 0 Å². The van der Waals surface area contributed by atoms with Gasteiger partial charge in [0.1, 0.15) is 23.8 Å². The van der Waals surface area contributed by atoms with E-state index in [0.717, 1.165) is 16.9 Å². The number of imidazole rings is 1. The number of anilines is 1. The third-order valence-electron chi connectivity index (χ3n) is 7.19. The van der Waals surface area contributed by atoms with Crippen molar-refractivity contribution >= 4 is 51.3 Å². The number of hydrogen-bond acceptors (Lipinski definition) is 10. The van der Waals surface area contributed by atoms with Gasteiger partial charge in [0.2, 0.25) is 5.13 Å². The number of rotatable bonds is 11. The maximum Gasteiger partial charge on any atom is 0.301 e. The monoisotopic (exact) mass is 657 g/mol. The molecule has 0 bridgehead atoms. The number of carbonyl (C=O) groups excluding carboxylic acids is 2. The fourth-order valence-corrected chi connectivity index (χ4v) is 7.01. The molecule has 0 radical (unpaired) electrons. The molecule has 0 saturated carbocycles. The minimum absolute atomic E-state index is 0.128. The number of amides is 1. The standard InChI is InChI=1S/C33H28FN5O5S2/c1-4-16-44-23-14-11-21(17-24(23)43-5-2)28-26(29(40)27-19(3)35-25-8-6-7-15-38(25)27)30(41)31(42)39(28)32-36-37-33(46-32)45-18-20-9-12-22(34)13-10-20/h4,6-15,17,28,40H,1,5,16,18H2,2-3H3/b29-26+. The first-order valence-electron chi connectivity index (χ1n) is 14.3. The Morgan fingerprint density at radius 3 is 2.67 bits per heavy atom. The summed E-state index contributed by atoms with van der Waals surface area (Å²) in [6, 6.07) is 15.5. The van der Waals surface area contributed by atoms with E-state index < -0.39 is 17.7 Å². The lowest BCUT2D eigenvalue weighted by Gasteiger charge is -2.23. The van der Waals surface area contributed by atoms with Gasteiger partial charge < -0.3 is 14.6 Å². The Morgan fingerprint density at radius 2 is 1.91 bits per heavy atom. The maximum absolute atomic E-state index is 13.8. The van der Waals surface area contributed by atoms with Crippen molar-refractivity contribution in [2.75, 3.05) is 18.1 Å². The lowest BCUT2D eigenvalue weighted by atomic mass is 9.96. The molecule has 2 aromatic carbocycles. The highest BCUT2D eigenvalue weighted by Crippen LogP contribution is 2.46. The first kappa shape index (κ1) is 31.0. The summed E-state index contributed by atoms with van der Waals surface area (Å²) in [5, 5.41) is 20.5. The van der Waals surface area contributed by atoms with Gasteiger partial charge in [-0.05, 0) is 61.4 Å². The van der Waals surface area contributed by atoms with Crippen LogP contribution in [-0.2, 0) is 15.3 Å². The molecule has 1 atom stereocenters. The topological polar surface area (TPSA) is 119 Å². The molecule has 46 heavy (non-hydrogen) atoms. The molecule has 4 heterocycles. The Hall–Kier alpha value is -5.01. The number of halogens is 1. The van der Waals surface area contributed by atoms with E-state index in [4.69, 9.17) is 9.47 Å². The van der Waals surface area contributed by atoms with Gasteiger partial charge in [0.05, 0.1) is 23.9 Å². The van der Waals surface area contributed by atoms with E-state index in [-0.39, 0.29) is 28.9 Å². The molecule has 1 unspecified atom stereocenters. The number of aromatic nitrogens is 4. The normalized spacial score (nSPS) is 15.9. The van der Waals surface area contributed by atoms with E-state index in [2.05, 4.69) is 21.8 Å². The summed E-state index contributed by atoms with van der Waals surface area (Å²) in [4.78, 5) is 33.4. The van der Waals surface area contributed by atoms with Crippen LogP contribution in [0.5, 0.6) is 11.5 Å². The Bertz CT molecular complexity index is 1990. The lowest BCUT2D eigenvalue weighted by Crippen LogP contribution is -2.29. The summed E-state index contributed by atoms with van der Waals surface area (Å²) in [5.41, 5.74) is 2.58. The van der Waals surface area contributed by atoms with Gasteiger partial charge in [-0.2, -0.15) is 0 Å². The molecule has 0 aliphatic carbocycles. The highest BCUT2D eigenvalue weighted by Gasteiger charge is 2.49. The molecule has 10 nitrogen and oxygen atoms in total. The van der Waals surface area contributed by atoms with Crippen LogP contribution in [0, 0.1) is 12.7 Å². The van der Waals surface area contributed by atoms with Crippen LogP contribution < -0.4 is 14.4 Å². The number of Topliss-reactive ketones (excluding diaryl/α,β-unsaturated/α-hetero) is 1. The van der Waals surface area contributed by atoms with Gasteiger partial charge in [-0.15, -0.1) is 10.2 Å². The van der Waals surface area contributed by atoms with Gasteiger partial charge in [0, 0.05) is 11.9 Å². The van der Waals surface area contributed by atoms with Crippen molar-refractivity contribution in [3.05, 3.63) is 113 Å². The number of pyridine rings is 1. The predicted octanol–water partition coefficient (Wildman–Crippen LogP) is 6.52. The van der Waals surface area contributed by atoms with Crippen LogP contribution in [0.4, 0.5) is 9.52 Å². The molecule has 1 saturated heterocycles. The Kier molecular flexibility index (Phi) is 8.86. The number of carbonyl (C=O) groups is 2. The SMILES string of the molecule is C=CCOc1ccc(C2/C(=C(\O)c3c(C)nc4ccccn34)C(=O)C(=O)N2c2nnc(SCc3ccc(F)cc3)s2)cc1OCC. The van der Waals surface area contributed by atoms with E-state index in [1.807, 2.05) is 13.0 Å². The van der Waals surface area contributed by atoms with Crippen molar-refractivity contribution in [3.8, 4) is 11.5 Å². The van der Waals surface area contributed by atoms with Crippen LogP contribution in [0.3, 0.4) is 0 Å². The van der Waals surface area contributed by atoms with Crippen LogP contribution in [-0.4, -0.2) is 49.6 Å². The summed E-state index contributed by atoms with van der Waals surface area (Å²) in [7, 11) is 0. The summed E-state index contributed by atoms with van der Waals surface area (Å²) in [6.07, 6.45) is 3.34. The third-order valence-corrected chi connectivity index (χ3v) is 9.32. The van der Waals surface area contributed by atoms with Crippen molar-refractivity contribution < 1.29 is 28.6 Å². The van der Waals surface area contributed by atoms with Crippen LogP contribution in [0.25, 0.3) is 11.4 Å². The summed E-state index contributed by atoms with van der Waals surface area (Å²) >= 11 is 2.50. The predicted molar refractivity (Wildman–Crippen MR) is 174 cm³/mol. The molecule has 1 N–H and O–H groups in total. The van der Waals surface area contributed by atoms with Crippen molar-refractivity contribution in [2.45, 2.75) is 30.0 Å². The average molecular weight is 658 g/mol. The van der Waals surface area contributed by atoms with Crippen molar-refractivity contribution in [1.29, 1.82) is 0 Å². The zero-order chi connectivity index (χ0) is 32.4. The van der Waals surface area contributed by atoms with Gasteiger partial charge >= 0.3 is 5.91 Å². The van der Waals surface area contributed by atoms with Crippen molar-refractivity contribution in [1.82, 2.24) is 19.6 Å². The number of ether oxygens (including phenoxy) is 2. The molecule has 0 spiro atoms. The van der Waals surface area contributed by atoms with E-state index in [1.165, 1.54) is 28.8 Å². The Morgan fingerprint density at radius 1 is 1.11 bits per heavy atom. The molecular weight excluding hydrogens is 630 g/mol. The van der Waals surface area contributed by atoms with Crippen molar-refractivity contribution in [3.63, 3.8) is 0 Å². The second kappa shape index (κ2) is 13.2. The first-order chi connectivity index (χ1) is 22.3. The molecule has 1 aliphatic heterocycles. The highest BCUT2D eigenvalue weighted by atomic mass is 32.2. The molecule has 5 aromatic rings. The molecular formula is C33H28FN5O5S2. The van der Waals surface area contributed by atoms with E-state index in [1.54, 1.807) is 66.1 Å². The molecule has 1 amide bonds. The smallest absolute Gasteiger partial charge is 0.301 e. The zero-order valence-corrected chi connectivity index (χ0v) is 26.5. The zero-order valence-electron chi connectivity index (χ0n) is 24.8. The number of aliphatic hydroxyl groups excluding tert-OH is 1. The van der Waals surface area contributed by atoms with E-state index in [9.17, 15) is 19.1 Å². The van der Waals surface area contributed by atoms with Crippen molar-refractivity contribution in [2.24, 2.45) is 0 Å². The lowest BCUT2D eigenvalue weighted by molar-refractivity contribution is -0.132. The summed E-state index contributed by atoms with van der Waals surface area (Å²) in [5.74, 6) is -1.10. The minimum Gasteiger partial charge on any atom is -0.505 e. The fourth-order valence-electron chi connectivity index (χ4n) is 5.19. The Balaban J connectivity index is 1.46. The fraction of sp³-hybridized carbons (Fsp3) is 0.182. The third kappa shape index (κ3) is 5.86. The minimum atomic E-state index is -1.08. The highest BCUT2D eigenvalue weighted by molar-refractivity contribution is 8.00. The number of aryl methyl sites for hydroxylation is 1. The van der Waals surface area contributed by atoms with E-state index in [0.29, 0.717) is 50.8 Å². The molecule has 6 rings (SSSR count). The van der Waals surface area contributed by atoms with Crippen LogP contribution in [0.15, 0.2) is 89.4 Å². The maximum atomic E-state index is 13.8. The van der Waals surface area contributed by atoms with E-state index >= 15 is 0 Å². The number of thioether (sulfide) groups is 1. The largest absolute Gasteiger partial charge is 0.505 e.